The molecule has 3 rings (SSSR count). The van der Waals surface area contributed by atoms with E-state index in [0.29, 0.717) is 38.6 Å². The Kier molecular flexibility index (Phi) is 7.57. The molecule has 0 aliphatic carbocycles. The number of ether oxygens (including phenoxy) is 4. The molecule has 2 aromatic carbocycles. The minimum atomic E-state index is -0.797. The Morgan fingerprint density at radius 2 is 1.81 bits per heavy atom. The molecule has 0 saturated heterocycles. The molecule has 2 N–H and O–H groups in total. The summed E-state index contributed by atoms with van der Waals surface area (Å²) in [5.41, 5.74) is 3.47. The summed E-state index contributed by atoms with van der Waals surface area (Å²) in [6.07, 6.45) is 1.46. The van der Waals surface area contributed by atoms with Gasteiger partial charge in [0.1, 0.15) is 17.5 Å². The van der Waals surface area contributed by atoms with Crippen LogP contribution in [0.15, 0.2) is 39.9 Å². The zero-order valence-electron chi connectivity index (χ0n) is 18.1. The van der Waals surface area contributed by atoms with E-state index in [1.807, 2.05) is 13.8 Å². The van der Waals surface area contributed by atoms with Crippen LogP contribution in [0.5, 0.6) is 23.0 Å². The van der Waals surface area contributed by atoms with Gasteiger partial charge in [-0.2, -0.15) is 5.10 Å². The highest BCUT2D eigenvalue weighted by atomic mass is 79.9. The van der Waals surface area contributed by atoms with Crippen LogP contribution in [-0.2, 0) is 4.79 Å². The quantitative estimate of drug-likeness (QED) is 0.421. The van der Waals surface area contributed by atoms with Gasteiger partial charge >= 0.3 is 0 Å². The number of hydrazone groups is 1. The summed E-state index contributed by atoms with van der Waals surface area (Å²) < 4.78 is 21.9. The number of nitrogens with zero attached hydrogens (tertiary/aromatic N) is 1. The summed E-state index contributed by atoms with van der Waals surface area (Å²) in [5, 5.41) is 6.77. The summed E-state index contributed by atoms with van der Waals surface area (Å²) in [5.74, 6) is 1.18. The van der Waals surface area contributed by atoms with Crippen LogP contribution in [0.3, 0.4) is 0 Å². The van der Waals surface area contributed by atoms with Crippen molar-refractivity contribution in [1.82, 2.24) is 10.7 Å². The van der Waals surface area contributed by atoms with Crippen molar-refractivity contribution in [2.24, 2.45) is 11.0 Å². The van der Waals surface area contributed by atoms with Gasteiger partial charge in [-0.1, -0.05) is 13.8 Å². The Morgan fingerprint density at radius 1 is 1.09 bits per heavy atom. The fourth-order valence-corrected chi connectivity index (χ4v) is 3.54. The number of carbonyl (C=O) groups excluding carboxylic acids is 2. The zero-order chi connectivity index (χ0) is 23.3. The summed E-state index contributed by atoms with van der Waals surface area (Å²) >= 11 is 3.41. The molecule has 0 saturated carbocycles. The second-order valence-corrected chi connectivity index (χ2v) is 8.08. The molecule has 2 aromatic rings. The number of hydrogen-bond acceptors (Lipinski definition) is 7. The van der Waals surface area contributed by atoms with Crippen LogP contribution in [0.2, 0.25) is 0 Å². The number of nitrogens with one attached hydrogen (secondary N) is 2. The highest BCUT2D eigenvalue weighted by molar-refractivity contribution is 9.10. The molecule has 0 bridgehead atoms. The second kappa shape index (κ2) is 10.4. The number of halogens is 1. The van der Waals surface area contributed by atoms with Gasteiger partial charge in [0.2, 0.25) is 6.79 Å². The molecule has 10 heteroatoms. The monoisotopic (exact) mass is 505 g/mol. The Hall–Kier alpha value is -3.27. The van der Waals surface area contributed by atoms with Crippen molar-refractivity contribution >= 4 is 34.0 Å². The Labute approximate surface area is 194 Å². The molecule has 0 spiro atoms. The van der Waals surface area contributed by atoms with Gasteiger partial charge in [-0.3, -0.25) is 9.59 Å². The lowest BCUT2D eigenvalue weighted by Crippen LogP contribution is -2.48. The van der Waals surface area contributed by atoms with E-state index in [0.717, 1.165) is 0 Å². The number of amides is 2. The lowest BCUT2D eigenvalue weighted by atomic mass is 10.0. The second-order valence-electron chi connectivity index (χ2n) is 7.23. The van der Waals surface area contributed by atoms with Crippen LogP contribution in [0.25, 0.3) is 0 Å². The zero-order valence-corrected chi connectivity index (χ0v) is 19.7. The van der Waals surface area contributed by atoms with Crippen molar-refractivity contribution in [2.45, 2.75) is 19.9 Å². The summed E-state index contributed by atoms with van der Waals surface area (Å²) in [7, 11) is 3.08. The van der Waals surface area contributed by atoms with E-state index in [1.165, 1.54) is 13.3 Å². The molecule has 1 unspecified atom stereocenters. The average molecular weight is 506 g/mol. The lowest BCUT2D eigenvalue weighted by molar-refractivity contribution is -0.123. The minimum Gasteiger partial charge on any atom is -0.496 e. The molecule has 0 radical (unpaired) electrons. The van der Waals surface area contributed by atoms with Crippen molar-refractivity contribution in [3.05, 3.63) is 45.9 Å². The third-order valence-electron chi connectivity index (χ3n) is 4.75. The molecule has 1 aliphatic rings. The summed E-state index contributed by atoms with van der Waals surface area (Å²) in [6, 6.07) is 7.52. The predicted molar refractivity (Wildman–Crippen MR) is 122 cm³/mol. The Bertz CT molecular complexity index is 1040. The van der Waals surface area contributed by atoms with E-state index in [1.54, 1.807) is 37.4 Å². The van der Waals surface area contributed by atoms with Crippen LogP contribution in [-0.4, -0.2) is 45.1 Å². The van der Waals surface area contributed by atoms with Gasteiger partial charge in [0.05, 0.1) is 24.9 Å². The number of carbonyl (C=O) groups is 2. The molecule has 32 heavy (non-hydrogen) atoms. The average Bonchev–Trinajstić information content (AvgIpc) is 3.25. The predicted octanol–water partition coefficient (Wildman–Crippen LogP) is 3.10. The van der Waals surface area contributed by atoms with Gasteiger partial charge in [0.15, 0.2) is 11.5 Å². The first kappa shape index (κ1) is 23.4. The summed E-state index contributed by atoms with van der Waals surface area (Å²) in [4.78, 5) is 25.4. The highest BCUT2D eigenvalue weighted by Gasteiger charge is 2.25. The highest BCUT2D eigenvalue weighted by Crippen LogP contribution is 2.33. The van der Waals surface area contributed by atoms with E-state index < -0.39 is 17.9 Å². The van der Waals surface area contributed by atoms with E-state index in [4.69, 9.17) is 18.9 Å². The van der Waals surface area contributed by atoms with Gasteiger partial charge in [-0.05, 0) is 46.1 Å². The molecular formula is C22H24BrN3O6. The van der Waals surface area contributed by atoms with Crippen LogP contribution in [0.1, 0.15) is 29.8 Å². The number of rotatable bonds is 8. The van der Waals surface area contributed by atoms with Crippen molar-refractivity contribution in [3.63, 3.8) is 0 Å². The standard InChI is InChI=1S/C22H24BrN3O6/c1-12(2)20(25-21(27)13-5-6-16-19(8-13)32-11-31-16)22(28)26-24-10-14-7-15(23)18(30-4)9-17(14)29-3/h5-10,12,20H,11H2,1-4H3,(H,25,27)(H,26,28). The molecule has 2 amide bonds. The maximum absolute atomic E-state index is 12.7. The third-order valence-corrected chi connectivity index (χ3v) is 5.37. The lowest BCUT2D eigenvalue weighted by Gasteiger charge is -2.20. The molecule has 1 heterocycles. The maximum Gasteiger partial charge on any atom is 0.262 e. The van der Waals surface area contributed by atoms with Gasteiger partial charge in [0, 0.05) is 17.2 Å². The van der Waals surface area contributed by atoms with Crippen molar-refractivity contribution in [2.75, 3.05) is 21.0 Å². The first-order valence-corrected chi connectivity index (χ1v) is 10.6. The SMILES string of the molecule is COc1cc(OC)c(C=NNC(=O)C(NC(=O)c2ccc3c(c2)OCO3)C(C)C)cc1Br. The number of methoxy groups -OCH3 is 2. The largest absolute Gasteiger partial charge is 0.496 e. The fraction of sp³-hybridized carbons (Fsp3) is 0.318. The van der Waals surface area contributed by atoms with Gasteiger partial charge in [-0.15, -0.1) is 0 Å². The third kappa shape index (κ3) is 5.31. The van der Waals surface area contributed by atoms with Crippen molar-refractivity contribution in [1.29, 1.82) is 0 Å². The van der Waals surface area contributed by atoms with Gasteiger partial charge < -0.3 is 24.3 Å². The molecule has 0 aromatic heterocycles. The fourth-order valence-electron chi connectivity index (χ4n) is 3.02. The molecule has 170 valence electrons. The molecule has 9 nitrogen and oxygen atoms in total. The normalized spacial score (nSPS) is 13.2. The van der Waals surface area contributed by atoms with Crippen molar-refractivity contribution < 1.29 is 28.5 Å². The Balaban J connectivity index is 1.68. The molecule has 1 atom stereocenters. The van der Waals surface area contributed by atoms with Crippen LogP contribution in [0, 0.1) is 5.92 Å². The van der Waals surface area contributed by atoms with E-state index in [9.17, 15) is 9.59 Å². The minimum absolute atomic E-state index is 0.116. The van der Waals surface area contributed by atoms with Gasteiger partial charge in [-0.25, -0.2) is 5.43 Å². The van der Waals surface area contributed by atoms with E-state index >= 15 is 0 Å². The first-order valence-electron chi connectivity index (χ1n) is 9.79. The number of fused-ring (bicyclic) bond motifs is 1. The topological polar surface area (TPSA) is 107 Å². The van der Waals surface area contributed by atoms with E-state index in [2.05, 4.69) is 31.8 Å². The number of hydrogen-bond donors (Lipinski definition) is 2. The number of benzene rings is 2. The molecule has 1 aliphatic heterocycles. The maximum atomic E-state index is 12.7. The van der Waals surface area contributed by atoms with Crippen LogP contribution in [0.4, 0.5) is 0 Å². The molecule has 0 fully saturated rings. The smallest absolute Gasteiger partial charge is 0.262 e. The Morgan fingerprint density at radius 3 is 2.50 bits per heavy atom. The van der Waals surface area contributed by atoms with Crippen LogP contribution >= 0.6 is 15.9 Å². The van der Waals surface area contributed by atoms with Crippen molar-refractivity contribution in [3.8, 4) is 23.0 Å². The first-order chi connectivity index (χ1) is 15.3. The van der Waals surface area contributed by atoms with Crippen LogP contribution < -0.4 is 29.7 Å². The summed E-state index contributed by atoms with van der Waals surface area (Å²) in [6.45, 7) is 3.78. The molecular weight excluding hydrogens is 482 g/mol. The van der Waals surface area contributed by atoms with E-state index in [-0.39, 0.29) is 12.7 Å². The van der Waals surface area contributed by atoms with Gasteiger partial charge in [0.25, 0.3) is 11.8 Å².